The molecule has 6 nitrogen and oxygen atoms in total. The van der Waals surface area contributed by atoms with E-state index in [0.717, 1.165) is 25.0 Å². The van der Waals surface area contributed by atoms with E-state index in [-0.39, 0.29) is 31.0 Å². The third kappa shape index (κ3) is 4.43. The van der Waals surface area contributed by atoms with Gasteiger partial charge in [-0.1, -0.05) is 0 Å². The molecular weight excluding hydrogens is 292 g/mol. The average molecular weight is 317 g/mol. The normalized spacial score (nSPS) is 18.8. The number of carbonyl (C=O) groups is 1. The molecule has 2 atom stereocenters. The summed E-state index contributed by atoms with van der Waals surface area (Å²) in [5.41, 5.74) is 8.12. The molecule has 2 rings (SSSR count). The maximum atomic E-state index is 11.9. The lowest BCUT2D eigenvalue weighted by atomic mass is 9.93. The van der Waals surface area contributed by atoms with Crippen molar-refractivity contribution in [3.05, 3.63) is 17.5 Å². The zero-order valence-corrected chi connectivity index (χ0v) is 13.7. The summed E-state index contributed by atoms with van der Waals surface area (Å²) in [5.74, 6) is -0.149. The number of hydrogen-bond donors (Lipinski definition) is 2. The van der Waals surface area contributed by atoms with Crippen molar-refractivity contribution in [2.24, 2.45) is 5.73 Å². The number of methoxy groups -OCH3 is 1. The Kier molecular flexibility index (Phi) is 6.64. The number of carbonyl (C=O) groups excluding carboxylic acids is 1. The molecule has 0 spiro atoms. The largest absolute Gasteiger partial charge is 0.383 e. The van der Waals surface area contributed by atoms with Crippen LogP contribution < -0.4 is 11.1 Å². The molecule has 1 aliphatic carbocycles. The summed E-state index contributed by atoms with van der Waals surface area (Å²) < 4.78 is 6.89. The first-order valence-electron chi connectivity index (χ1n) is 7.13. The van der Waals surface area contributed by atoms with Gasteiger partial charge in [-0.2, -0.15) is 5.10 Å². The second-order valence-corrected chi connectivity index (χ2v) is 5.68. The molecule has 1 amide bonds. The van der Waals surface area contributed by atoms with Gasteiger partial charge in [0, 0.05) is 31.8 Å². The van der Waals surface area contributed by atoms with Crippen molar-refractivity contribution in [2.75, 3.05) is 13.7 Å². The minimum Gasteiger partial charge on any atom is -0.383 e. The van der Waals surface area contributed by atoms with Crippen LogP contribution in [0.25, 0.3) is 0 Å². The molecule has 0 fully saturated rings. The van der Waals surface area contributed by atoms with Crippen LogP contribution in [0.1, 0.15) is 37.6 Å². The van der Waals surface area contributed by atoms with Crippen molar-refractivity contribution in [3.63, 3.8) is 0 Å². The van der Waals surface area contributed by atoms with Crippen molar-refractivity contribution in [1.29, 1.82) is 0 Å². The number of aromatic nitrogens is 2. The molecule has 0 aliphatic heterocycles. The van der Waals surface area contributed by atoms with Gasteiger partial charge in [-0.3, -0.25) is 9.48 Å². The Morgan fingerprint density at radius 1 is 1.62 bits per heavy atom. The second kappa shape index (κ2) is 7.77. The fraction of sp³-hybridized carbons (Fsp3) is 0.714. The smallest absolute Gasteiger partial charge is 0.239 e. The zero-order valence-electron chi connectivity index (χ0n) is 12.8. The van der Waals surface area contributed by atoms with E-state index in [1.807, 2.05) is 4.68 Å². The molecule has 1 heterocycles. The maximum Gasteiger partial charge on any atom is 0.239 e. The molecule has 1 aromatic rings. The monoisotopic (exact) mass is 316 g/mol. The molecule has 0 bridgehead atoms. The fourth-order valence-corrected chi connectivity index (χ4v) is 2.46. The number of aryl methyl sites for hydroxylation is 1. The molecule has 3 N–H and O–H groups in total. The molecule has 0 saturated heterocycles. The lowest BCUT2D eigenvalue weighted by molar-refractivity contribution is -0.124. The van der Waals surface area contributed by atoms with Gasteiger partial charge in [-0.25, -0.2) is 0 Å². The van der Waals surface area contributed by atoms with Crippen molar-refractivity contribution in [3.8, 4) is 0 Å². The highest BCUT2D eigenvalue weighted by Gasteiger charge is 2.25. The molecular formula is C14H25ClN4O2. The van der Waals surface area contributed by atoms with Crippen LogP contribution in [0, 0.1) is 0 Å². The SMILES string of the molecule is COCC(N)C(=O)NC1CCc2cn(C(C)C)nc2C1.Cl. The third-order valence-electron chi connectivity index (χ3n) is 3.66. The number of nitrogens with zero attached hydrogens (tertiary/aromatic N) is 2. The van der Waals surface area contributed by atoms with Crippen molar-refractivity contribution < 1.29 is 9.53 Å². The van der Waals surface area contributed by atoms with E-state index < -0.39 is 6.04 Å². The van der Waals surface area contributed by atoms with Gasteiger partial charge in [0.1, 0.15) is 6.04 Å². The summed E-state index contributed by atoms with van der Waals surface area (Å²) in [6.07, 6.45) is 4.78. The fourth-order valence-electron chi connectivity index (χ4n) is 2.46. The van der Waals surface area contributed by atoms with Crippen molar-refractivity contribution >= 4 is 18.3 Å². The van der Waals surface area contributed by atoms with E-state index in [1.54, 1.807) is 7.11 Å². The van der Waals surface area contributed by atoms with Crippen LogP contribution in [0.4, 0.5) is 0 Å². The lowest BCUT2D eigenvalue weighted by Crippen LogP contribution is -2.48. The highest BCUT2D eigenvalue weighted by molar-refractivity contribution is 5.85. The Morgan fingerprint density at radius 2 is 2.33 bits per heavy atom. The molecule has 1 aliphatic rings. The summed E-state index contributed by atoms with van der Waals surface area (Å²) in [7, 11) is 1.54. The number of nitrogens with two attached hydrogens (primary N) is 1. The highest BCUT2D eigenvalue weighted by Crippen LogP contribution is 2.21. The van der Waals surface area contributed by atoms with Crippen LogP contribution in [0.2, 0.25) is 0 Å². The van der Waals surface area contributed by atoms with Crippen molar-refractivity contribution in [1.82, 2.24) is 15.1 Å². The maximum absolute atomic E-state index is 11.9. The van der Waals surface area contributed by atoms with Gasteiger partial charge in [-0.15, -0.1) is 12.4 Å². The first-order valence-corrected chi connectivity index (χ1v) is 7.13. The number of rotatable bonds is 5. The van der Waals surface area contributed by atoms with E-state index >= 15 is 0 Å². The Hall–Kier alpha value is -1.11. The standard InChI is InChI=1S/C14H24N4O2.ClH/c1-9(2)18-7-10-4-5-11(6-13(10)17-18)16-14(19)12(15)8-20-3;/h7,9,11-12H,4-6,8,15H2,1-3H3,(H,16,19);1H. The molecule has 1 aromatic heterocycles. The Labute approximate surface area is 131 Å². The van der Waals surface area contributed by atoms with Gasteiger partial charge < -0.3 is 15.8 Å². The average Bonchev–Trinajstić information content (AvgIpc) is 2.82. The van der Waals surface area contributed by atoms with Gasteiger partial charge >= 0.3 is 0 Å². The second-order valence-electron chi connectivity index (χ2n) is 5.68. The number of ether oxygens (including phenoxy) is 1. The van der Waals surface area contributed by atoms with E-state index in [4.69, 9.17) is 10.5 Å². The van der Waals surface area contributed by atoms with Gasteiger partial charge in [0.2, 0.25) is 5.91 Å². The summed E-state index contributed by atoms with van der Waals surface area (Å²) in [6, 6.07) is -0.119. The number of fused-ring (bicyclic) bond motifs is 1. The van der Waals surface area contributed by atoms with Crippen LogP contribution in [-0.4, -0.2) is 41.5 Å². The quantitative estimate of drug-likeness (QED) is 0.843. The number of halogens is 1. The summed E-state index contributed by atoms with van der Waals surface area (Å²) in [5, 5.41) is 7.59. The summed E-state index contributed by atoms with van der Waals surface area (Å²) in [4.78, 5) is 11.9. The van der Waals surface area contributed by atoms with Crippen molar-refractivity contribution in [2.45, 2.75) is 51.2 Å². The minimum atomic E-state index is -0.602. The van der Waals surface area contributed by atoms with Crippen LogP contribution in [-0.2, 0) is 22.4 Å². The molecule has 0 aromatic carbocycles. The predicted octanol–water partition coefficient (Wildman–Crippen LogP) is 0.833. The van der Waals surface area contributed by atoms with Gasteiger partial charge in [0.05, 0.1) is 12.3 Å². The molecule has 2 unspecified atom stereocenters. The zero-order chi connectivity index (χ0) is 14.7. The van der Waals surface area contributed by atoms with E-state index in [2.05, 4.69) is 30.5 Å². The number of amides is 1. The number of nitrogens with one attached hydrogen (secondary N) is 1. The first kappa shape index (κ1) is 17.9. The predicted molar refractivity (Wildman–Crippen MR) is 83.7 cm³/mol. The van der Waals surface area contributed by atoms with Crippen LogP contribution in [0.3, 0.4) is 0 Å². The molecule has 0 radical (unpaired) electrons. The minimum absolute atomic E-state index is 0. The topological polar surface area (TPSA) is 82.2 Å². The van der Waals surface area contributed by atoms with E-state index in [1.165, 1.54) is 5.56 Å². The lowest BCUT2D eigenvalue weighted by Gasteiger charge is -2.23. The molecule has 120 valence electrons. The van der Waals surface area contributed by atoms with E-state index in [9.17, 15) is 4.79 Å². The Bertz CT molecular complexity index is 476. The first-order chi connectivity index (χ1) is 9.51. The molecule has 0 saturated carbocycles. The molecule has 21 heavy (non-hydrogen) atoms. The Balaban J connectivity index is 0.00000220. The summed E-state index contributed by atoms with van der Waals surface area (Å²) in [6.45, 7) is 4.47. The van der Waals surface area contributed by atoms with Gasteiger partial charge in [0.15, 0.2) is 0 Å². The molecule has 7 heteroatoms. The highest BCUT2D eigenvalue weighted by atomic mass is 35.5. The van der Waals surface area contributed by atoms with Crippen LogP contribution in [0.15, 0.2) is 6.20 Å². The van der Waals surface area contributed by atoms with Crippen LogP contribution in [0.5, 0.6) is 0 Å². The number of hydrogen-bond acceptors (Lipinski definition) is 4. The Morgan fingerprint density at radius 3 is 2.95 bits per heavy atom. The summed E-state index contributed by atoms with van der Waals surface area (Å²) >= 11 is 0. The van der Waals surface area contributed by atoms with Gasteiger partial charge in [-0.05, 0) is 32.3 Å². The van der Waals surface area contributed by atoms with Gasteiger partial charge in [0.25, 0.3) is 0 Å². The van der Waals surface area contributed by atoms with Crippen LogP contribution >= 0.6 is 12.4 Å². The van der Waals surface area contributed by atoms with E-state index in [0.29, 0.717) is 6.04 Å². The third-order valence-corrected chi connectivity index (χ3v) is 3.66.